The van der Waals surface area contributed by atoms with Crippen molar-refractivity contribution in [2.24, 2.45) is 11.5 Å². The van der Waals surface area contributed by atoms with E-state index in [9.17, 15) is 14.4 Å². The molecule has 2 amide bonds. The van der Waals surface area contributed by atoms with Crippen molar-refractivity contribution < 1.29 is 28.3 Å². The summed E-state index contributed by atoms with van der Waals surface area (Å²) in [5, 5.41) is 11.0. The topological polar surface area (TPSA) is 219 Å². The number of methoxy groups -OCH3 is 1. The summed E-state index contributed by atoms with van der Waals surface area (Å²) < 4.78 is 25.0. The molecule has 0 bridgehead atoms. The molecule has 0 radical (unpaired) electrons. The minimum atomic E-state index is -0.616. The Hall–Kier alpha value is -7.14. The fraction of sp³-hybridized carbons (Fsp3) is 0.302. The Bertz CT molecular complexity index is 3000. The van der Waals surface area contributed by atoms with E-state index < -0.39 is 11.8 Å². The second-order valence-electron chi connectivity index (χ2n) is 14.5. The van der Waals surface area contributed by atoms with Gasteiger partial charge in [0.25, 0.3) is 0 Å². The van der Waals surface area contributed by atoms with Crippen LogP contribution in [0.5, 0.6) is 5.75 Å². The highest BCUT2D eigenvalue weighted by atomic mass is 16.5. The van der Waals surface area contributed by atoms with Gasteiger partial charge in [0, 0.05) is 74.2 Å². The van der Waals surface area contributed by atoms with Crippen LogP contribution in [0.1, 0.15) is 68.7 Å². The average molecular weight is 812 g/mol. The zero-order valence-corrected chi connectivity index (χ0v) is 34.1. The first-order valence-electron chi connectivity index (χ1n) is 19.7. The summed E-state index contributed by atoms with van der Waals surface area (Å²) in [6, 6.07) is 10.5. The molecule has 0 saturated carbocycles. The number of hydrogen-bond acceptors (Lipinski definition) is 11. The predicted octanol–water partition coefficient (Wildman–Crippen LogP) is 5.69. The highest BCUT2D eigenvalue weighted by Crippen LogP contribution is 2.37. The molecule has 0 aliphatic heterocycles. The molecule has 6 heterocycles. The van der Waals surface area contributed by atoms with E-state index in [0.29, 0.717) is 106 Å². The minimum absolute atomic E-state index is 0.0336. The van der Waals surface area contributed by atoms with Gasteiger partial charge in [-0.2, -0.15) is 10.2 Å². The van der Waals surface area contributed by atoms with Crippen LogP contribution in [0.2, 0.25) is 0 Å². The second-order valence-corrected chi connectivity index (χ2v) is 14.5. The van der Waals surface area contributed by atoms with Crippen LogP contribution >= 0.6 is 0 Å². The van der Waals surface area contributed by atoms with Gasteiger partial charge in [-0.05, 0) is 64.1 Å². The Morgan fingerprint density at radius 3 is 2.32 bits per heavy atom. The number of aromatic nitrogens is 9. The number of carbonyl (C=O) groups excluding carboxylic acids is 3. The fourth-order valence-corrected chi connectivity index (χ4v) is 7.79. The van der Waals surface area contributed by atoms with E-state index >= 15 is 0 Å². The molecule has 0 saturated heterocycles. The lowest BCUT2D eigenvalue weighted by Crippen LogP contribution is -2.15. The Balaban J connectivity index is 1.24. The number of amides is 2. The van der Waals surface area contributed by atoms with Gasteiger partial charge in [0.05, 0.1) is 47.3 Å². The standard InChI is InChI=1S/C43H45N11O6/c1-6-53-32(17-24(3)49-53)34(55)22-36-47-31-21-29(41(45)57)27-11-16-60-39(27)38(31)51(36)12-8-9-13-52-37-28(19-26(40(44)56)20-35(37)59-15-10-14-58-5)30-23-46-42(48-43(30)52)33-18-25(4)50-54(33)7-2/h8-9,11,16-21,23H,6-7,10,12-15,22H2,1-5H3,(H2,44,56)(H2,45,57)/b9-8+. The monoisotopic (exact) mass is 811 g/mol. The number of fused-ring (bicyclic) bond motifs is 6. The summed E-state index contributed by atoms with van der Waals surface area (Å²) >= 11 is 0. The molecule has 8 rings (SSSR count). The Labute approximate surface area is 343 Å². The number of nitrogens with two attached hydrogens (primary N) is 2. The van der Waals surface area contributed by atoms with Gasteiger partial charge < -0.3 is 34.5 Å². The molecule has 0 aliphatic rings. The third-order valence-electron chi connectivity index (χ3n) is 10.5. The molecule has 60 heavy (non-hydrogen) atoms. The van der Waals surface area contributed by atoms with Crippen LogP contribution in [0.25, 0.3) is 55.5 Å². The molecule has 0 atom stereocenters. The van der Waals surface area contributed by atoms with Crippen LogP contribution in [-0.2, 0) is 37.3 Å². The smallest absolute Gasteiger partial charge is 0.249 e. The van der Waals surface area contributed by atoms with Crippen molar-refractivity contribution >= 4 is 61.5 Å². The van der Waals surface area contributed by atoms with E-state index in [1.807, 2.05) is 59.7 Å². The predicted molar refractivity (Wildman–Crippen MR) is 225 cm³/mol. The number of carbonyl (C=O) groups is 3. The summed E-state index contributed by atoms with van der Waals surface area (Å²) in [5.74, 6) is 0.0699. The maximum Gasteiger partial charge on any atom is 0.249 e. The van der Waals surface area contributed by atoms with Crippen LogP contribution in [-0.4, -0.2) is 81.6 Å². The van der Waals surface area contributed by atoms with E-state index in [-0.39, 0.29) is 29.9 Å². The summed E-state index contributed by atoms with van der Waals surface area (Å²) in [6.45, 7) is 10.3. The van der Waals surface area contributed by atoms with Crippen LogP contribution in [0.15, 0.2) is 65.4 Å². The number of allylic oxidation sites excluding steroid dienone is 2. The SMILES string of the molecule is CCn1nc(C)cc1C(=O)Cc1nc2cc(C(N)=O)c3ccoc3c2n1C/C=C/Cn1c2nc(-c3cc(C)nn3CC)ncc2c2cc(C(N)=O)cc(OCCCOC)c21. The highest BCUT2D eigenvalue weighted by Gasteiger charge is 2.24. The van der Waals surface area contributed by atoms with E-state index in [0.717, 1.165) is 17.1 Å². The summed E-state index contributed by atoms with van der Waals surface area (Å²) in [5.41, 5.74) is 17.8. The van der Waals surface area contributed by atoms with Crippen LogP contribution < -0.4 is 16.2 Å². The average Bonchev–Trinajstić information content (AvgIpc) is 4.07. The molecule has 0 fully saturated rings. The van der Waals surface area contributed by atoms with Crippen molar-refractivity contribution in [3.05, 3.63) is 95.0 Å². The third-order valence-corrected chi connectivity index (χ3v) is 10.5. The van der Waals surface area contributed by atoms with Gasteiger partial charge in [-0.3, -0.25) is 23.7 Å². The van der Waals surface area contributed by atoms with Crippen molar-refractivity contribution in [2.75, 3.05) is 20.3 Å². The molecule has 17 heteroatoms. The first-order chi connectivity index (χ1) is 29.0. The summed E-state index contributed by atoms with van der Waals surface area (Å²) in [7, 11) is 1.63. The zero-order valence-electron chi connectivity index (χ0n) is 34.1. The van der Waals surface area contributed by atoms with Gasteiger partial charge in [0.1, 0.15) is 34.1 Å². The lowest BCUT2D eigenvalue weighted by Gasteiger charge is -2.12. The Morgan fingerprint density at radius 2 is 1.58 bits per heavy atom. The molecule has 6 aromatic heterocycles. The number of aryl methyl sites for hydroxylation is 4. The molecule has 0 aliphatic carbocycles. The maximum absolute atomic E-state index is 13.8. The molecule has 0 unspecified atom stereocenters. The van der Waals surface area contributed by atoms with Gasteiger partial charge in [0.2, 0.25) is 11.8 Å². The Morgan fingerprint density at radius 1 is 0.833 bits per heavy atom. The number of benzene rings is 2. The first-order valence-corrected chi connectivity index (χ1v) is 19.7. The van der Waals surface area contributed by atoms with Crippen molar-refractivity contribution in [1.29, 1.82) is 0 Å². The minimum Gasteiger partial charge on any atom is -0.491 e. The molecule has 17 nitrogen and oxygen atoms in total. The van der Waals surface area contributed by atoms with Crippen molar-refractivity contribution in [1.82, 2.24) is 43.6 Å². The van der Waals surface area contributed by atoms with E-state index in [4.69, 9.17) is 40.3 Å². The second kappa shape index (κ2) is 16.2. The molecule has 0 spiro atoms. The Kier molecular flexibility index (Phi) is 10.7. The molecule has 2 aromatic carbocycles. The van der Waals surface area contributed by atoms with Crippen molar-refractivity contribution in [3.8, 4) is 17.3 Å². The number of ether oxygens (including phenoxy) is 2. The number of nitrogens with zero attached hydrogens (tertiary/aromatic N) is 9. The number of furan rings is 1. The molecule has 308 valence electrons. The quantitative estimate of drug-likeness (QED) is 0.0646. The normalized spacial score (nSPS) is 11.9. The van der Waals surface area contributed by atoms with E-state index in [1.165, 1.54) is 6.26 Å². The number of hydrogen-bond donors (Lipinski definition) is 2. The third kappa shape index (κ3) is 7.16. The lowest BCUT2D eigenvalue weighted by atomic mass is 10.1. The van der Waals surface area contributed by atoms with Gasteiger partial charge in [-0.1, -0.05) is 12.2 Å². The first kappa shape index (κ1) is 39.7. The largest absolute Gasteiger partial charge is 0.491 e. The number of imidazole rings is 1. The van der Waals surface area contributed by atoms with Crippen molar-refractivity contribution in [3.63, 3.8) is 0 Å². The number of ketones is 1. The summed E-state index contributed by atoms with van der Waals surface area (Å²) in [6.07, 6.45) is 7.80. The maximum atomic E-state index is 13.8. The van der Waals surface area contributed by atoms with Crippen LogP contribution in [0.4, 0.5) is 0 Å². The van der Waals surface area contributed by atoms with Crippen molar-refractivity contribution in [2.45, 2.75) is 66.7 Å². The number of primary amides is 2. The molecular weight excluding hydrogens is 767 g/mol. The van der Waals surface area contributed by atoms with Crippen LogP contribution in [0.3, 0.4) is 0 Å². The number of rotatable bonds is 17. The van der Waals surface area contributed by atoms with Crippen LogP contribution in [0, 0.1) is 13.8 Å². The molecule has 8 aromatic rings. The highest BCUT2D eigenvalue weighted by molar-refractivity contribution is 6.14. The summed E-state index contributed by atoms with van der Waals surface area (Å²) in [4.78, 5) is 53.7. The number of Topliss-reactive ketones (excluding diaryl/α,β-unsaturated/α-hetero) is 1. The van der Waals surface area contributed by atoms with Gasteiger partial charge in [-0.15, -0.1) is 0 Å². The van der Waals surface area contributed by atoms with E-state index in [2.05, 4.69) is 10.2 Å². The van der Waals surface area contributed by atoms with Gasteiger partial charge >= 0.3 is 0 Å². The van der Waals surface area contributed by atoms with E-state index in [1.54, 1.807) is 48.3 Å². The zero-order chi connectivity index (χ0) is 42.2. The van der Waals surface area contributed by atoms with Gasteiger partial charge in [-0.25, -0.2) is 15.0 Å². The fourth-order valence-electron chi connectivity index (χ4n) is 7.79. The lowest BCUT2D eigenvalue weighted by molar-refractivity contribution is 0.0975. The molecule has 4 N–H and O–H groups in total. The molecular formula is C43H45N11O6. The van der Waals surface area contributed by atoms with Gasteiger partial charge in [0.15, 0.2) is 17.2 Å².